The Labute approximate surface area is 122 Å². The largest absolute Gasteiger partial charge is 0.338 e. The van der Waals surface area contributed by atoms with Crippen molar-refractivity contribution in [1.82, 2.24) is 15.2 Å². The summed E-state index contributed by atoms with van der Waals surface area (Å²) >= 11 is 5.86. The van der Waals surface area contributed by atoms with E-state index in [0.29, 0.717) is 18.7 Å². The number of likely N-dealkylation sites (tertiary alicyclic amines) is 1. The Balaban J connectivity index is 1.90. The second kappa shape index (κ2) is 6.09. The van der Waals surface area contributed by atoms with Crippen LogP contribution in [-0.4, -0.2) is 40.5 Å². The predicted molar refractivity (Wildman–Crippen MR) is 76.7 cm³/mol. The zero-order valence-electron chi connectivity index (χ0n) is 11.4. The maximum absolute atomic E-state index is 11.9. The molecule has 7 heteroatoms. The molecule has 2 N–H and O–H groups in total. The van der Waals surface area contributed by atoms with Gasteiger partial charge in [-0.1, -0.05) is 11.6 Å². The lowest BCUT2D eigenvalue weighted by molar-refractivity contribution is -0.129. The number of hydrogen-bond acceptors (Lipinski definition) is 3. The van der Waals surface area contributed by atoms with Crippen molar-refractivity contribution < 1.29 is 9.59 Å². The van der Waals surface area contributed by atoms with E-state index in [1.54, 1.807) is 23.2 Å². The molecule has 2 heterocycles. The number of halogens is 1. The Morgan fingerprint density at radius 2 is 2.30 bits per heavy atom. The molecular formula is C13H17ClN4O2. The molecule has 0 aromatic carbocycles. The van der Waals surface area contributed by atoms with Gasteiger partial charge in [0.05, 0.1) is 11.7 Å². The highest BCUT2D eigenvalue weighted by Gasteiger charge is 2.31. The first kappa shape index (κ1) is 14.6. The van der Waals surface area contributed by atoms with Crippen LogP contribution >= 0.6 is 11.6 Å². The number of aromatic nitrogens is 1. The molecule has 1 saturated heterocycles. The summed E-state index contributed by atoms with van der Waals surface area (Å²) in [7, 11) is 0. The molecular weight excluding hydrogens is 280 g/mol. The second-order valence-corrected chi connectivity index (χ2v) is 5.34. The van der Waals surface area contributed by atoms with Crippen molar-refractivity contribution in [3.8, 4) is 0 Å². The Kier molecular flexibility index (Phi) is 4.44. The van der Waals surface area contributed by atoms with Crippen LogP contribution in [0.1, 0.15) is 20.3 Å². The summed E-state index contributed by atoms with van der Waals surface area (Å²) in [5, 5.41) is 5.62. The van der Waals surface area contributed by atoms with Gasteiger partial charge >= 0.3 is 6.03 Å². The Bertz CT molecular complexity index is 521. The average Bonchev–Trinajstić information content (AvgIpc) is 2.73. The molecule has 0 saturated carbocycles. The third kappa shape index (κ3) is 3.39. The van der Waals surface area contributed by atoms with E-state index in [4.69, 9.17) is 11.6 Å². The minimum atomic E-state index is -0.386. The molecule has 108 valence electrons. The molecule has 1 atom stereocenters. The maximum Gasteiger partial charge on any atom is 0.319 e. The standard InChI is InChI=1S/C13H17ClN4O2/c1-8(2)18-7-9(6-11(18)19)16-13(20)17-10-4-3-5-15-12(10)14/h3-5,8-9H,6-7H2,1-2H3,(H2,16,17,20). The molecule has 0 bridgehead atoms. The summed E-state index contributed by atoms with van der Waals surface area (Å²) < 4.78 is 0. The molecule has 0 spiro atoms. The van der Waals surface area contributed by atoms with E-state index in [1.807, 2.05) is 13.8 Å². The fourth-order valence-corrected chi connectivity index (χ4v) is 2.32. The van der Waals surface area contributed by atoms with Gasteiger partial charge in [0.25, 0.3) is 0 Å². The lowest BCUT2D eigenvalue weighted by atomic mass is 10.2. The number of pyridine rings is 1. The lowest BCUT2D eigenvalue weighted by Gasteiger charge is -2.21. The van der Waals surface area contributed by atoms with Gasteiger partial charge < -0.3 is 15.5 Å². The van der Waals surface area contributed by atoms with Gasteiger partial charge in [-0.2, -0.15) is 0 Å². The second-order valence-electron chi connectivity index (χ2n) is 4.98. The molecule has 1 aliphatic heterocycles. The summed E-state index contributed by atoms with van der Waals surface area (Å²) in [4.78, 5) is 29.2. The number of urea groups is 1. The molecule has 1 unspecified atom stereocenters. The van der Waals surface area contributed by atoms with E-state index in [9.17, 15) is 9.59 Å². The normalized spacial score (nSPS) is 18.5. The topological polar surface area (TPSA) is 74.3 Å². The summed E-state index contributed by atoms with van der Waals surface area (Å²) in [5.41, 5.74) is 0.441. The molecule has 2 rings (SSSR count). The number of hydrogen-bond donors (Lipinski definition) is 2. The highest BCUT2D eigenvalue weighted by Crippen LogP contribution is 2.18. The summed E-state index contributed by atoms with van der Waals surface area (Å²) in [5.74, 6) is 0.0599. The van der Waals surface area contributed by atoms with Crippen molar-refractivity contribution in [2.24, 2.45) is 0 Å². The molecule has 1 aromatic rings. The molecule has 6 nitrogen and oxygen atoms in total. The number of nitrogens with one attached hydrogen (secondary N) is 2. The number of carbonyl (C=O) groups is 2. The molecule has 3 amide bonds. The molecule has 1 fully saturated rings. The van der Waals surface area contributed by atoms with Crippen LogP contribution in [0.4, 0.5) is 10.5 Å². The van der Waals surface area contributed by atoms with E-state index >= 15 is 0 Å². The van der Waals surface area contributed by atoms with E-state index in [2.05, 4.69) is 15.6 Å². The SMILES string of the molecule is CC(C)N1CC(NC(=O)Nc2cccnc2Cl)CC1=O. The minimum absolute atomic E-state index is 0.0599. The van der Waals surface area contributed by atoms with E-state index in [-0.39, 0.29) is 29.2 Å². The summed E-state index contributed by atoms with van der Waals surface area (Å²) in [6, 6.07) is 2.92. The lowest BCUT2D eigenvalue weighted by Crippen LogP contribution is -2.40. The fraction of sp³-hybridized carbons (Fsp3) is 0.462. The quantitative estimate of drug-likeness (QED) is 0.836. The summed E-state index contributed by atoms with van der Waals surface area (Å²) in [6.45, 7) is 4.44. The van der Waals surface area contributed by atoms with Crippen LogP contribution < -0.4 is 10.6 Å². The zero-order chi connectivity index (χ0) is 14.7. The average molecular weight is 297 g/mol. The van der Waals surface area contributed by atoms with Crippen LogP contribution in [0, 0.1) is 0 Å². The monoisotopic (exact) mass is 296 g/mol. The van der Waals surface area contributed by atoms with Gasteiger partial charge in [-0.25, -0.2) is 9.78 Å². The van der Waals surface area contributed by atoms with Crippen LogP contribution in [0.3, 0.4) is 0 Å². The Morgan fingerprint density at radius 3 is 2.90 bits per heavy atom. The van der Waals surface area contributed by atoms with Crippen molar-refractivity contribution >= 4 is 29.2 Å². The highest BCUT2D eigenvalue weighted by molar-refractivity contribution is 6.32. The van der Waals surface area contributed by atoms with Crippen molar-refractivity contribution in [3.05, 3.63) is 23.5 Å². The van der Waals surface area contributed by atoms with Crippen molar-refractivity contribution in [1.29, 1.82) is 0 Å². The molecule has 1 aromatic heterocycles. The number of rotatable bonds is 3. The van der Waals surface area contributed by atoms with E-state index in [1.165, 1.54) is 0 Å². The van der Waals surface area contributed by atoms with E-state index in [0.717, 1.165) is 0 Å². The van der Waals surface area contributed by atoms with Crippen molar-refractivity contribution in [2.45, 2.75) is 32.4 Å². The van der Waals surface area contributed by atoms with Crippen LogP contribution in [-0.2, 0) is 4.79 Å². The molecule has 0 aliphatic carbocycles. The Morgan fingerprint density at radius 1 is 1.55 bits per heavy atom. The van der Waals surface area contributed by atoms with E-state index < -0.39 is 0 Å². The predicted octanol–water partition coefficient (Wildman–Crippen LogP) is 1.87. The number of amides is 3. The number of nitrogens with zero attached hydrogens (tertiary/aromatic N) is 2. The van der Waals surface area contributed by atoms with Crippen molar-refractivity contribution in [3.63, 3.8) is 0 Å². The van der Waals surface area contributed by atoms with Crippen LogP contribution in [0.15, 0.2) is 18.3 Å². The summed E-state index contributed by atoms with van der Waals surface area (Å²) in [6.07, 6.45) is 1.87. The smallest absolute Gasteiger partial charge is 0.319 e. The third-order valence-corrected chi connectivity index (χ3v) is 3.43. The zero-order valence-corrected chi connectivity index (χ0v) is 12.1. The first-order chi connectivity index (χ1) is 9.47. The van der Waals surface area contributed by atoms with Crippen LogP contribution in [0.5, 0.6) is 0 Å². The van der Waals surface area contributed by atoms with Gasteiger partial charge in [0.1, 0.15) is 0 Å². The highest BCUT2D eigenvalue weighted by atomic mass is 35.5. The molecule has 20 heavy (non-hydrogen) atoms. The van der Waals surface area contributed by atoms with Gasteiger partial charge in [0.2, 0.25) is 5.91 Å². The van der Waals surface area contributed by atoms with Gasteiger partial charge in [-0.15, -0.1) is 0 Å². The first-order valence-electron chi connectivity index (χ1n) is 6.45. The Hall–Kier alpha value is -1.82. The van der Waals surface area contributed by atoms with Gasteiger partial charge in [0.15, 0.2) is 5.15 Å². The number of carbonyl (C=O) groups excluding carboxylic acids is 2. The van der Waals surface area contributed by atoms with Crippen LogP contribution in [0.2, 0.25) is 5.15 Å². The van der Waals surface area contributed by atoms with Gasteiger partial charge in [-0.3, -0.25) is 4.79 Å². The molecule has 0 radical (unpaired) electrons. The first-order valence-corrected chi connectivity index (χ1v) is 6.82. The van der Waals surface area contributed by atoms with Gasteiger partial charge in [0, 0.05) is 25.2 Å². The fourth-order valence-electron chi connectivity index (χ4n) is 2.15. The van der Waals surface area contributed by atoms with Crippen LogP contribution in [0.25, 0.3) is 0 Å². The van der Waals surface area contributed by atoms with Crippen molar-refractivity contribution in [2.75, 3.05) is 11.9 Å². The molecule has 1 aliphatic rings. The third-order valence-electron chi connectivity index (χ3n) is 3.12. The maximum atomic E-state index is 11.9. The number of anilines is 1. The van der Waals surface area contributed by atoms with Gasteiger partial charge in [-0.05, 0) is 26.0 Å². The minimum Gasteiger partial charge on any atom is -0.338 e.